The van der Waals surface area contributed by atoms with Gasteiger partial charge in [-0.2, -0.15) is 5.10 Å². The Morgan fingerprint density at radius 1 is 1.03 bits per heavy atom. The minimum Gasteiger partial charge on any atom is -0.465 e. The molecule has 0 radical (unpaired) electrons. The van der Waals surface area contributed by atoms with Gasteiger partial charge in [-0.3, -0.25) is 4.68 Å². The molecule has 0 saturated carbocycles. The molecule has 1 aromatic heterocycles. The van der Waals surface area contributed by atoms with Crippen LogP contribution < -0.4 is 0 Å². The monoisotopic (exact) mass is 428 g/mol. The van der Waals surface area contributed by atoms with E-state index in [0.717, 1.165) is 12.1 Å². The zero-order chi connectivity index (χ0) is 22.9. The summed E-state index contributed by atoms with van der Waals surface area (Å²) in [6.07, 6.45) is 10.5. The quantitative estimate of drug-likeness (QED) is 0.357. The topological polar surface area (TPSA) is 44.1 Å². The number of hydrogen-bond donors (Lipinski definition) is 0. The second-order valence-corrected chi connectivity index (χ2v) is 10.0. The number of esters is 1. The van der Waals surface area contributed by atoms with Crippen LogP contribution in [0.1, 0.15) is 78.7 Å². The minimum atomic E-state index is -0.318. The van der Waals surface area contributed by atoms with E-state index in [-0.39, 0.29) is 16.8 Å². The Morgan fingerprint density at radius 3 is 2.28 bits per heavy atom. The van der Waals surface area contributed by atoms with Crippen LogP contribution in [0.15, 0.2) is 54.9 Å². The van der Waals surface area contributed by atoms with Gasteiger partial charge in [0.05, 0.1) is 19.2 Å². The first-order chi connectivity index (χ1) is 15.2. The predicted molar refractivity (Wildman–Crippen MR) is 130 cm³/mol. The number of ether oxygens (including phenoxy) is 1. The number of rotatable bonds is 5. The molecule has 0 unspecified atom stereocenters. The molecule has 0 atom stereocenters. The van der Waals surface area contributed by atoms with Gasteiger partial charge in [-0.05, 0) is 69.7 Å². The smallest absolute Gasteiger partial charge is 0.337 e. The van der Waals surface area contributed by atoms with E-state index >= 15 is 0 Å². The van der Waals surface area contributed by atoms with Crippen LogP contribution in [0.5, 0.6) is 0 Å². The summed E-state index contributed by atoms with van der Waals surface area (Å²) in [6, 6.07) is 14.2. The number of carbonyl (C=O) groups is 1. The third-order valence-electron chi connectivity index (χ3n) is 6.79. The number of nitrogens with zero attached hydrogens (tertiary/aromatic N) is 2. The van der Waals surface area contributed by atoms with Crippen molar-refractivity contribution < 1.29 is 9.53 Å². The molecule has 1 heterocycles. The fourth-order valence-corrected chi connectivity index (χ4v) is 4.57. The van der Waals surface area contributed by atoms with Crippen molar-refractivity contribution in [2.24, 2.45) is 0 Å². The second-order valence-electron chi connectivity index (χ2n) is 10.0. The Morgan fingerprint density at radius 2 is 1.69 bits per heavy atom. The lowest BCUT2D eigenvalue weighted by Crippen LogP contribution is -2.34. The maximum atomic E-state index is 11.7. The SMILES string of the molecule is COC(=O)c1ccc(/C=C/c2cc3c(cc2Cn2cccn2)C(C)(C)CCC3(C)C)cc1. The number of hydrogen-bond acceptors (Lipinski definition) is 3. The van der Waals surface area contributed by atoms with Gasteiger partial charge in [-0.1, -0.05) is 64.1 Å². The highest BCUT2D eigenvalue weighted by Crippen LogP contribution is 2.46. The average Bonchev–Trinajstić information content (AvgIpc) is 3.29. The molecular formula is C28H32N2O2. The average molecular weight is 429 g/mol. The molecule has 0 N–H and O–H groups in total. The molecule has 0 bridgehead atoms. The van der Waals surface area contributed by atoms with Gasteiger partial charge in [0.25, 0.3) is 0 Å². The largest absolute Gasteiger partial charge is 0.465 e. The first kappa shape index (κ1) is 22.1. The fourth-order valence-electron chi connectivity index (χ4n) is 4.57. The maximum absolute atomic E-state index is 11.7. The number of benzene rings is 2. The van der Waals surface area contributed by atoms with Crippen molar-refractivity contribution >= 4 is 18.1 Å². The van der Waals surface area contributed by atoms with Crippen LogP contribution in [0.25, 0.3) is 12.2 Å². The van der Waals surface area contributed by atoms with E-state index in [0.29, 0.717) is 5.56 Å². The van der Waals surface area contributed by atoms with Gasteiger partial charge in [-0.25, -0.2) is 4.79 Å². The highest BCUT2D eigenvalue weighted by atomic mass is 16.5. The molecule has 2 aromatic carbocycles. The van der Waals surface area contributed by atoms with Crippen molar-refractivity contribution in [2.45, 2.75) is 57.9 Å². The molecule has 4 heteroatoms. The second kappa shape index (κ2) is 8.42. The van der Waals surface area contributed by atoms with Crippen LogP contribution in [-0.2, 0) is 22.1 Å². The minimum absolute atomic E-state index is 0.153. The van der Waals surface area contributed by atoms with Crippen molar-refractivity contribution in [3.05, 3.63) is 88.2 Å². The molecule has 32 heavy (non-hydrogen) atoms. The van der Waals surface area contributed by atoms with Gasteiger partial charge in [0.1, 0.15) is 0 Å². The Labute approximate surface area is 190 Å². The third-order valence-corrected chi connectivity index (χ3v) is 6.79. The van der Waals surface area contributed by atoms with E-state index in [1.165, 1.54) is 42.2 Å². The molecule has 0 amide bonds. The lowest BCUT2D eigenvalue weighted by Gasteiger charge is -2.42. The summed E-state index contributed by atoms with van der Waals surface area (Å²) in [5.41, 5.74) is 7.29. The van der Waals surface area contributed by atoms with Gasteiger partial charge >= 0.3 is 5.97 Å². The van der Waals surface area contributed by atoms with Gasteiger partial charge in [-0.15, -0.1) is 0 Å². The van der Waals surface area contributed by atoms with Gasteiger partial charge < -0.3 is 4.74 Å². The van der Waals surface area contributed by atoms with Crippen LogP contribution in [0.4, 0.5) is 0 Å². The Hall–Kier alpha value is -3.14. The van der Waals surface area contributed by atoms with Crippen molar-refractivity contribution in [3.8, 4) is 0 Å². The molecule has 0 fully saturated rings. The molecule has 1 aliphatic carbocycles. The normalized spacial score (nSPS) is 16.7. The van der Waals surface area contributed by atoms with Gasteiger partial charge in [0.2, 0.25) is 0 Å². The van der Waals surface area contributed by atoms with E-state index in [4.69, 9.17) is 4.74 Å². The molecule has 4 nitrogen and oxygen atoms in total. The first-order valence-corrected chi connectivity index (χ1v) is 11.2. The Balaban J connectivity index is 1.75. The third kappa shape index (κ3) is 4.40. The van der Waals surface area contributed by atoms with E-state index in [2.05, 4.69) is 57.1 Å². The number of aromatic nitrogens is 2. The van der Waals surface area contributed by atoms with Gasteiger partial charge in [0.15, 0.2) is 0 Å². The van der Waals surface area contributed by atoms with Crippen LogP contribution in [-0.4, -0.2) is 22.9 Å². The number of carbonyl (C=O) groups excluding carboxylic acids is 1. The van der Waals surface area contributed by atoms with Crippen LogP contribution >= 0.6 is 0 Å². The van der Waals surface area contributed by atoms with Crippen molar-refractivity contribution in [1.82, 2.24) is 9.78 Å². The highest BCUT2D eigenvalue weighted by Gasteiger charge is 2.37. The number of fused-ring (bicyclic) bond motifs is 1. The molecule has 4 rings (SSSR count). The molecule has 0 saturated heterocycles. The molecule has 3 aromatic rings. The van der Waals surface area contributed by atoms with E-state index in [1.807, 2.05) is 35.3 Å². The summed E-state index contributed by atoms with van der Waals surface area (Å²) >= 11 is 0. The molecule has 0 aliphatic heterocycles. The molecule has 166 valence electrons. The zero-order valence-corrected chi connectivity index (χ0v) is 19.7. The lowest BCUT2D eigenvalue weighted by molar-refractivity contribution is 0.0600. The Bertz CT molecular complexity index is 1140. The lowest BCUT2D eigenvalue weighted by atomic mass is 9.62. The summed E-state index contributed by atoms with van der Waals surface area (Å²) in [5.74, 6) is -0.318. The number of methoxy groups -OCH3 is 1. The van der Waals surface area contributed by atoms with Crippen LogP contribution in [0, 0.1) is 0 Å². The standard InChI is InChI=1S/C28H32N2O2/c1-27(2)13-14-28(3,4)25-18-23(19-30-16-6-15-29-30)22(17-24(25)27)12-9-20-7-10-21(11-8-20)26(31)32-5/h6-12,15-18H,13-14,19H2,1-5H3/b12-9+. The van der Waals surface area contributed by atoms with Crippen LogP contribution in [0.3, 0.4) is 0 Å². The highest BCUT2D eigenvalue weighted by molar-refractivity contribution is 5.89. The fraction of sp³-hybridized carbons (Fsp3) is 0.357. The van der Waals surface area contributed by atoms with Crippen molar-refractivity contribution in [3.63, 3.8) is 0 Å². The van der Waals surface area contributed by atoms with Crippen LogP contribution in [0.2, 0.25) is 0 Å². The molecule has 0 spiro atoms. The van der Waals surface area contributed by atoms with E-state index in [9.17, 15) is 4.79 Å². The summed E-state index contributed by atoms with van der Waals surface area (Å²) in [5, 5.41) is 4.43. The summed E-state index contributed by atoms with van der Waals surface area (Å²) in [4.78, 5) is 11.7. The van der Waals surface area contributed by atoms with Crippen molar-refractivity contribution in [1.29, 1.82) is 0 Å². The summed E-state index contributed by atoms with van der Waals surface area (Å²) in [7, 11) is 1.40. The molecular weight excluding hydrogens is 396 g/mol. The molecule has 1 aliphatic rings. The Kier molecular flexibility index (Phi) is 5.81. The van der Waals surface area contributed by atoms with E-state index in [1.54, 1.807) is 12.1 Å². The summed E-state index contributed by atoms with van der Waals surface area (Å²) in [6.45, 7) is 10.2. The summed E-state index contributed by atoms with van der Waals surface area (Å²) < 4.78 is 6.77. The first-order valence-electron chi connectivity index (χ1n) is 11.2. The maximum Gasteiger partial charge on any atom is 0.337 e. The predicted octanol–water partition coefficient (Wildman–Crippen LogP) is 6.24. The zero-order valence-electron chi connectivity index (χ0n) is 19.7. The van der Waals surface area contributed by atoms with E-state index < -0.39 is 0 Å². The van der Waals surface area contributed by atoms with Crippen molar-refractivity contribution in [2.75, 3.05) is 7.11 Å². The van der Waals surface area contributed by atoms with Gasteiger partial charge in [0, 0.05) is 12.4 Å².